The number of ether oxygens (including phenoxy) is 1. The molecule has 1 amide bonds. The lowest BCUT2D eigenvalue weighted by Gasteiger charge is -2.21. The molecule has 3 nitrogen and oxygen atoms in total. The molecule has 0 bridgehead atoms. The van der Waals surface area contributed by atoms with Gasteiger partial charge in [0, 0.05) is 12.2 Å². The van der Waals surface area contributed by atoms with Crippen LogP contribution >= 0.6 is 0 Å². The first-order valence-electron chi connectivity index (χ1n) is 8.29. The number of likely N-dealkylation sites (N-methyl/N-ethyl adjacent to an activating group) is 1. The van der Waals surface area contributed by atoms with Crippen molar-refractivity contribution in [1.82, 2.24) is 0 Å². The minimum absolute atomic E-state index is 0.0152. The van der Waals surface area contributed by atoms with Crippen LogP contribution in [0.15, 0.2) is 42.5 Å². The standard InChI is InChI=1S/C20H23NO2/c1-3-21(18-9-4-6-15(2)12-18)20(22)14-23-19-11-10-16-7-5-8-17(16)13-19/h4,6,9-13H,3,5,7-8,14H2,1-2H3. The smallest absolute Gasteiger partial charge is 0.264 e. The summed E-state index contributed by atoms with van der Waals surface area (Å²) in [7, 11) is 0. The second kappa shape index (κ2) is 6.86. The summed E-state index contributed by atoms with van der Waals surface area (Å²) in [5, 5.41) is 0. The fraction of sp³-hybridized carbons (Fsp3) is 0.350. The van der Waals surface area contributed by atoms with Crippen LogP contribution in [-0.4, -0.2) is 19.1 Å². The van der Waals surface area contributed by atoms with Gasteiger partial charge in [0.1, 0.15) is 5.75 Å². The molecule has 0 saturated heterocycles. The number of rotatable bonds is 5. The lowest BCUT2D eigenvalue weighted by molar-refractivity contribution is -0.120. The van der Waals surface area contributed by atoms with Gasteiger partial charge in [-0.3, -0.25) is 4.79 Å². The normalized spacial score (nSPS) is 12.8. The highest BCUT2D eigenvalue weighted by molar-refractivity contribution is 5.94. The zero-order valence-corrected chi connectivity index (χ0v) is 13.8. The van der Waals surface area contributed by atoms with Gasteiger partial charge in [0.15, 0.2) is 6.61 Å². The molecule has 23 heavy (non-hydrogen) atoms. The maximum Gasteiger partial charge on any atom is 0.264 e. The summed E-state index contributed by atoms with van der Waals surface area (Å²) in [5.41, 5.74) is 4.85. The molecule has 2 aromatic rings. The Morgan fingerprint density at radius 3 is 2.74 bits per heavy atom. The van der Waals surface area contributed by atoms with Crippen molar-refractivity contribution in [2.45, 2.75) is 33.1 Å². The summed E-state index contributed by atoms with van der Waals surface area (Å²) in [5.74, 6) is 0.776. The van der Waals surface area contributed by atoms with Gasteiger partial charge in [-0.05, 0) is 74.1 Å². The molecule has 0 saturated carbocycles. The number of hydrogen-bond acceptors (Lipinski definition) is 2. The molecule has 0 fully saturated rings. The number of fused-ring (bicyclic) bond motifs is 1. The number of hydrogen-bond donors (Lipinski definition) is 0. The summed E-state index contributed by atoms with van der Waals surface area (Å²) in [6.07, 6.45) is 3.49. The predicted octanol–water partition coefficient (Wildman–Crippen LogP) is 3.92. The predicted molar refractivity (Wildman–Crippen MR) is 93.2 cm³/mol. The molecular weight excluding hydrogens is 286 g/mol. The van der Waals surface area contributed by atoms with Crippen LogP contribution in [0, 0.1) is 6.92 Å². The van der Waals surface area contributed by atoms with Gasteiger partial charge >= 0.3 is 0 Å². The highest BCUT2D eigenvalue weighted by atomic mass is 16.5. The van der Waals surface area contributed by atoms with Crippen molar-refractivity contribution in [1.29, 1.82) is 0 Å². The first-order chi connectivity index (χ1) is 11.2. The number of carbonyl (C=O) groups is 1. The molecule has 0 radical (unpaired) electrons. The van der Waals surface area contributed by atoms with Crippen molar-refractivity contribution in [3.05, 3.63) is 59.2 Å². The van der Waals surface area contributed by atoms with Crippen LogP contribution in [-0.2, 0) is 17.6 Å². The highest BCUT2D eigenvalue weighted by Crippen LogP contribution is 2.26. The third-order valence-electron chi connectivity index (χ3n) is 4.36. The van der Waals surface area contributed by atoms with Crippen molar-refractivity contribution in [3.63, 3.8) is 0 Å². The Kier molecular flexibility index (Phi) is 4.65. The van der Waals surface area contributed by atoms with E-state index in [9.17, 15) is 4.79 Å². The average Bonchev–Trinajstić information content (AvgIpc) is 3.01. The Bertz CT molecular complexity index is 709. The summed E-state index contributed by atoms with van der Waals surface area (Å²) in [6.45, 7) is 4.72. The number of anilines is 1. The van der Waals surface area contributed by atoms with E-state index in [0.717, 1.165) is 29.8 Å². The number of nitrogens with zero attached hydrogens (tertiary/aromatic N) is 1. The van der Waals surface area contributed by atoms with Gasteiger partial charge in [-0.2, -0.15) is 0 Å². The van der Waals surface area contributed by atoms with Crippen LogP contribution in [0.4, 0.5) is 5.69 Å². The van der Waals surface area contributed by atoms with E-state index in [1.165, 1.54) is 17.5 Å². The topological polar surface area (TPSA) is 29.5 Å². The van der Waals surface area contributed by atoms with Gasteiger partial charge < -0.3 is 9.64 Å². The monoisotopic (exact) mass is 309 g/mol. The van der Waals surface area contributed by atoms with E-state index in [1.807, 2.05) is 44.2 Å². The fourth-order valence-electron chi connectivity index (χ4n) is 3.16. The van der Waals surface area contributed by atoms with E-state index in [4.69, 9.17) is 4.74 Å². The Balaban J connectivity index is 1.66. The first kappa shape index (κ1) is 15.6. The molecule has 0 unspecified atom stereocenters. The lowest BCUT2D eigenvalue weighted by Crippen LogP contribution is -2.34. The molecular formula is C20H23NO2. The third kappa shape index (κ3) is 3.55. The summed E-state index contributed by atoms with van der Waals surface area (Å²) < 4.78 is 5.74. The molecule has 3 heteroatoms. The second-order valence-electron chi connectivity index (χ2n) is 6.05. The molecule has 0 atom stereocenters. The van der Waals surface area contributed by atoms with Crippen molar-refractivity contribution in [3.8, 4) is 5.75 Å². The zero-order valence-electron chi connectivity index (χ0n) is 13.8. The lowest BCUT2D eigenvalue weighted by atomic mass is 10.1. The van der Waals surface area contributed by atoms with E-state index in [2.05, 4.69) is 12.1 Å². The minimum atomic E-state index is -0.0152. The Morgan fingerprint density at radius 2 is 1.96 bits per heavy atom. The molecule has 0 N–H and O–H groups in total. The number of benzene rings is 2. The third-order valence-corrected chi connectivity index (χ3v) is 4.36. The summed E-state index contributed by atoms with van der Waals surface area (Å²) in [4.78, 5) is 14.3. The SMILES string of the molecule is CCN(C(=O)COc1ccc2c(c1)CCC2)c1cccc(C)c1. The highest BCUT2D eigenvalue weighted by Gasteiger charge is 2.16. The molecule has 0 heterocycles. The molecule has 1 aliphatic carbocycles. The maximum absolute atomic E-state index is 12.5. The molecule has 0 aliphatic heterocycles. The summed E-state index contributed by atoms with van der Waals surface area (Å²) >= 11 is 0. The van der Waals surface area contributed by atoms with Crippen LogP contribution in [0.2, 0.25) is 0 Å². The van der Waals surface area contributed by atoms with Crippen LogP contribution < -0.4 is 9.64 Å². The largest absolute Gasteiger partial charge is 0.484 e. The van der Waals surface area contributed by atoms with E-state index in [1.54, 1.807) is 4.90 Å². The summed E-state index contributed by atoms with van der Waals surface area (Å²) in [6, 6.07) is 14.2. The van der Waals surface area contributed by atoms with Crippen molar-refractivity contribution < 1.29 is 9.53 Å². The van der Waals surface area contributed by atoms with E-state index in [-0.39, 0.29) is 12.5 Å². The van der Waals surface area contributed by atoms with Crippen molar-refractivity contribution >= 4 is 11.6 Å². The van der Waals surface area contributed by atoms with Gasteiger partial charge in [0.25, 0.3) is 5.91 Å². The first-order valence-corrected chi connectivity index (χ1v) is 8.29. The molecule has 3 rings (SSSR count). The van der Waals surface area contributed by atoms with Crippen molar-refractivity contribution in [2.24, 2.45) is 0 Å². The Hall–Kier alpha value is -2.29. The Morgan fingerprint density at radius 1 is 1.13 bits per heavy atom. The van der Waals surface area contributed by atoms with E-state index < -0.39 is 0 Å². The number of carbonyl (C=O) groups excluding carboxylic acids is 1. The molecule has 2 aromatic carbocycles. The van der Waals surface area contributed by atoms with E-state index in [0.29, 0.717) is 6.54 Å². The number of aryl methyl sites for hydroxylation is 3. The zero-order chi connectivity index (χ0) is 16.2. The fourth-order valence-corrected chi connectivity index (χ4v) is 3.16. The molecule has 120 valence electrons. The number of amides is 1. The molecule has 0 spiro atoms. The van der Waals surface area contributed by atoms with E-state index >= 15 is 0 Å². The maximum atomic E-state index is 12.5. The second-order valence-corrected chi connectivity index (χ2v) is 6.05. The van der Waals surface area contributed by atoms with Crippen LogP contribution in [0.1, 0.15) is 30.0 Å². The van der Waals surface area contributed by atoms with Gasteiger partial charge in [-0.25, -0.2) is 0 Å². The average molecular weight is 309 g/mol. The minimum Gasteiger partial charge on any atom is -0.484 e. The molecule has 1 aliphatic rings. The van der Waals surface area contributed by atoms with Crippen LogP contribution in [0.5, 0.6) is 5.75 Å². The van der Waals surface area contributed by atoms with Gasteiger partial charge in [-0.1, -0.05) is 18.2 Å². The van der Waals surface area contributed by atoms with Crippen LogP contribution in [0.3, 0.4) is 0 Å². The molecule has 0 aromatic heterocycles. The van der Waals surface area contributed by atoms with Gasteiger partial charge in [0.05, 0.1) is 0 Å². The van der Waals surface area contributed by atoms with Crippen molar-refractivity contribution in [2.75, 3.05) is 18.1 Å². The van der Waals surface area contributed by atoms with Crippen LogP contribution in [0.25, 0.3) is 0 Å². The Labute approximate surface area is 137 Å². The quantitative estimate of drug-likeness (QED) is 0.838. The van der Waals surface area contributed by atoms with Gasteiger partial charge in [-0.15, -0.1) is 0 Å². The van der Waals surface area contributed by atoms with Gasteiger partial charge in [0.2, 0.25) is 0 Å².